The molecule has 1 heterocycles. The number of hydrogen-bond acceptors (Lipinski definition) is 5. The molecule has 0 N–H and O–H groups in total. The number of rotatable bonds is 5. The minimum Gasteiger partial charge on any atom is -0.275 e. The van der Waals surface area contributed by atoms with Gasteiger partial charge in [0.2, 0.25) is 0 Å². The van der Waals surface area contributed by atoms with Gasteiger partial charge in [-0.2, -0.15) is 0 Å². The summed E-state index contributed by atoms with van der Waals surface area (Å²) in [5.41, 5.74) is 0.357. The van der Waals surface area contributed by atoms with E-state index in [1.165, 1.54) is 25.2 Å². The third kappa shape index (κ3) is 2.70. The predicted octanol–water partition coefficient (Wildman–Crippen LogP) is 2.92. The molecule has 2 amide bonds. The predicted molar refractivity (Wildman–Crippen MR) is 83.2 cm³/mol. The van der Waals surface area contributed by atoms with Crippen molar-refractivity contribution in [1.29, 1.82) is 0 Å². The van der Waals surface area contributed by atoms with Gasteiger partial charge in [-0.05, 0) is 30.2 Å². The van der Waals surface area contributed by atoms with E-state index in [-0.39, 0.29) is 16.8 Å². The summed E-state index contributed by atoms with van der Waals surface area (Å²) in [5, 5.41) is 10.6. The second-order valence-electron chi connectivity index (χ2n) is 4.92. The average Bonchev–Trinajstić information content (AvgIpc) is 2.73. The van der Waals surface area contributed by atoms with Crippen molar-refractivity contribution >= 4 is 28.6 Å². The molecule has 0 spiro atoms. The maximum absolute atomic E-state index is 12.6. The number of likely N-dealkylation sites (N-methyl/N-ethyl adjacent to an activating group) is 1. The number of nitro groups is 1. The first-order valence-electron chi connectivity index (χ1n) is 6.62. The summed E-state index contributed by atoms with van der Waals surface area (Å²) in [6.07, 6.45) is 6.63. The van der Waals surface area contributed by atoms with E-state index in [0.717, 1.165) is 16.7 Å². The van der Waals surface area contributed by atoms with Crippen molar-refractivity contribution in [3.05, 3.63) is 39.9 Å². The summed E-state index contributed by atoms with van der Waals surface area (Å²) in [5.74, 6) is 2.14. The van der Waals surface area contributed by atoms with Crippen molar-refractivity contribution in [3.8, 4) is 12.3 Å². The van der Waals surface area contributed by atoms with Crippen LogP contribution in [-0.4, -0.2) is 28.0 Å². The summed E-state index contributed by atoms with van der Waals surface area (Å²) in [4.78, 5) is 36.0. The SMILES string of the molecule is C#CCCCC1(c2cccc([N+](=O)[O-])c2)SC(=O)N(C)C1=O. The molecule has 1 aliphatic heterocycles. The van der Waals surface area contributed by atoms with Crippen molar-refractivity contribution in [2.75, 3.05) is 7.05 Å². The zero-order chi connectivity index (χ0) is 16.3. The number of thioether (sulfide) groups is 1. The highest BCUT2D eigenvalue weighted by Gasteiger charge is 2.52. The third-order valence-electron chi connectivity index (χ3n) is 3.56. The third-order valence-corrected chi connectivity index (χ3v) is 4.97. The van der Waals surface area contributed by atoms with E-state index in [0.29, 0.717) is 24.8 Å². The Morgan fingerprint density at radius 3 is 2.73 bits per heavy atom. The molecule has 1 saturated heterocycles. The number of unbranched alkanes of at least 4 members (excludes halogenated alkanes) is 1. The number of nitro benzene ring substituents is 1. The first-order valence-corrected chi connectivity index (χ1v) is 7.43. The Morgan fingerprint density at radius 1 is 1.45 bits per heavy atom. The van der Waals surface area contributed by atoms with Gasteiger partial charge in [0.25, 0.3) is 16.8 Å². The lowest BCUT2D eigenvalue weighted by Crippen LogP contribution is -2.35. The van der Waals surface area contributed by atoms with Crippen molar-refractivity contribution in [3.63, 3.8) is 0 Å². The molecule has 1 aliphatic rings. The van der Waals surface area contributed by atoms with E-state index in [1.54, 1.807) is 6.07 Å². The number of non-ortho nitro benzene ring substituents is 1. The maximum atomic E-state index is 12.6. The summed E-state index contributed by atoms with van der Waals surface area (Å²) in [6.45, 7) is 0. The highest BCUT2D eigenvalue weighted by atomic mass is 32.2. The Balaban J connectivity index is 2.48. The Hall–Kier alpha value is -2.33. The first-order chi connectivity index (χ1) is 10.4. The minimum absolute atomic E-state index is 0.107. The van der Waals surface area contributed by atoms with Gasteiger partial charge < -0.3 is 0 Å². The lowest BCUT2D eigenvalue weighted by atomic mass is 9.91. The monoisotopic (exact) mass is 318 g/mol. The molecule has 1 aromatic rings. The Bertz CT molecular complexity index is 682. The highest BCUT2D eigenvalue weighted by Crippen LogP contribution is 2.49. The molecule has 2 rings (SSSR count). The van der Waals surface area contributed by atoms with Crippen LogP contribution in [0.1, 0.15) is 24.8 Å². The maximum Gasteiger partial charge on any atom is 0.289 e. The van der Waals surface area contributed by atoms with Crippen molar-refractivity contribution in [2.24, 2.45) is 0 Å². The number of benzene rings is 1. The van der Waals surface area contributed by atoms with Crippen LogP contribution in [0, 0.1) is 22.5 Å². The molecule has 1 atom stereocenters. The van der Waals surface area contributed by atoms with Crippen LogP contribution >= 0.6 is 11.8 Å². The van der Waals surface area contributed by atoms with E-state index in [4.69, 9.17) is 6.42 Å². The van der Waals surface area contributed by atoms with Crippen LogP contribution in [0.2, 0.25) is 0 Å². The Labute approximate surface area is 132 Å². The van der Waals surface area contributed by atoms with Gasteiger partial charge in [0.1, 0.15) is 4.75 Å². The summed E-state index contributed by atoms with van der Waals surface area (Å²) in [6, 6.07) is 5.87. The number of amides is 2. The molecular weight excluding hydrogens is 304 g/mol. The summed E-state index contributed by atoms with van der Waals surface area (Å²) < 4.78 is -1.13. The topological polar surface area (TPSA) is 80.5 Å². The molecule has 1 unspecified atom stereocenters. The van der Waals surface area contributed by atoms with E-state index in [2.05, 4.69) is 5.92 Å². The van der Waals surface area contributed by atoms with Crippen LogP contribution in [0.4, 0.5) is 10.5 Å². The number of carbonyl (C=O) groups is 2. The van der Waals surface area contributed by atoms with Gasteiger partial charge in [-0.3, -0.25) is 24.6 Å². The summed E-state index contributed by atoms with van der Waals surface area (Å²) >= 11 is 0.899. The van der Waals surface area contributed by atoms with Crippen LogP contribution < -0.4 is 0 Å². The standard InChI is InChI=1S/C15H14N2O4S/c1-3-4-5-9-15(13(18)16(2)14(19)22-15)11-7-6-8-12(10-11)17(20)21/h1,6-8,10H,4-5,9H2,2H3. The molecule has 22 heavy (non-hydrogen) atoms. The summed E-state index contributed by atoms with van der Waals surface area (Å²) in [7, 11) is 1.41. The first kappa shape index (κ1) is 16.0. The second-order valence-corrected chi connectivity index (χ2v) is 6.17. The largest absolute Gasteiger partial charge is 0.289 e. The normalized spacial score (nSPS) is 21.0. The van der Waals surface area contributed by atoms with Crippen LogP contribution in [0.3, 0.4) is 0 Å². The molecular formula is C15H14N2O4S. The van der Waals surface area contributed by atoms with Gasteiger partial charge in [0.05, 0.1) is 4.92 Å². The van der Waals surface area contributed by atoms with E-state index < -0.39 is 9.67 Å². The molecule has 0 aliphatic carbocycles. The molecule has 0 aromatic heterocycles. The molecule has 6 nitrogen and oxygen atoms in total. The fourth-order valence-electron chi connectivity index (χ4n) is 2.41. The number of terminal acetylenes is 1. The number of carbonyl (C=O) groups excluding carboxylic acids is 2. The fraction of sp³-hybridized carbons (Fsp3) is 0.333. The number of nitrogens with zero attached hydrogens (tertiary/aromatic N) is 2. The van der Waals surface area contributed by atoms with E-state index in [1.807, 2.05) is 0 Å². The van der Waals surface area contributed by atoms with Gasteiger partial charge in [-0.1, -0.05) is 12.1 Å². The molecule has 1 fully saturated rings. The molecule has 1 aromatic carbocycles. The minimum atomic E-state index is -1.13. The van der Waals surface area contributed by atoms with Gasteiger partial charge in [0, 0.05) is 25.6 Å². The molecule has 0 saturated carbocycles. The van der Waals surface area contributed by atoms with Crippen LogP contribution in [-0.2, 0) is 9.54 Å². The van der Waals surface area contributed by atoms with E-state index in [9.17, 15) is 19.7 Å². The van der Waals surface area contributed by atoms with Crippen LogP contribution in [0.25, 0.3) is 0 Å². The molecule has 0 bridgehead atoms. The van der Waals surface area contributed by atoms with Crippen molar-refractivity contribution in [2.45, 2.75) is 24.0 Å². The average molecular weight is 318 g/mol. The zero-order valence-electron chi connectivity index (χ0n) is 11.9. The van der Waals surface area contributed by atoms with E-state index >= 15 is 0 Å². The lowest BCUT2D eigenvalue weighted by Gasteiger charge is -2.25. The molecule has 0 radical (unpaired) electrons. The fourth-order valence-corrected chi connectivity index (χ4v) is 3.64. The van der Waals surface area contributed by atoms with Crippen LogP contribution in [0.15, 0.2) is 24.3 Å². The highest BCUT2D eigenvalue weighted by molar-refractivity contribution is 8.15. The van der Waals surface area contributed by atoms with Gasteiger partial charge in [-0.25, -0.2) is 0 Å². The number of hydrogen-bond donors (Lipinski definition) is 0. The second kappa shape index (κ2) is 6.20. The molecule has 7 heteroatoms. The molecule has 114 valence electrons. The lowest BCUT2D eigenvalue weighted by molar-refractivity contribution is -0.384. The Morgan fingerprint density at radius 2 is 2.18 bits per heavy atom. The smallest absolute Gasteiger partial charge is 0.275 e. The Kier molecular flexibility index (Phi) is 4.52. The quantitative estimate of drug-likeness (QED) is 0.361. The van der Waals surface area contributed by atoms with Gasteiger partial charge in [0.15, 0.2) is 0 Å². The number of imide groups is 1. The van der Waals surface area contributed by atoms with Crippen LogP contribution in [0.5, 0.6) is 0 Å². The van der Waals surface area contributed by atoms with Gasteiger partial charge >= 0.3 is 0 Å². The van der Waals surface area contributed by atoms with Gasteiger partial charge in [-0.15, -0.1) is 12.3 Å². The zero-order valence-corrected chi connectivity index (χ0v) is 12.8. The van der Waals surface area contributed by atoms with Crippen molar-refractivity contribution < 1.29 is 14.5 Å². The van der Waals surface area contributed by atoms with Crippen molar-refractivity contribution in [1.82, 2.24) is 4.90 Å².